The molecule has 1 rings (SSSR count). The normalized spacial score (nSPS) is 12.6. The van der Waals surface area contributed by atoms with Crippen LogP contribution in [0.2, 0.25) is 0 Å². The molecule has 0 fully saturated rings. The SMILES string of the molecule is CCN(CC(N)=O)C(C)c1cc(O)cc(O)c1. The van der Waals surface area contributed by atoms with Crippen molar-refractivity contribution in [3.05, 3.63) is 23.8 Å². The zero-order valence-corrected chi connectivity index (χ0v) is 10.1. The minimum absolute atomic E-state index is 0.00183. The second-order valence-electron chi connectivity index (χ2n) is 3.99. The van der Waals surface area contributed by atoms with Gasteiger partial charge in [-0.1, -0.05) is 6.92 Å². The molecule has 0 spiro atoms. The lowest BCUT2D eigenvalue weighted by molar-refractivity contribution is -0.119. The highest BCUT2D eigenvalue weighted by Gasteiger charge is 2.17. The van der Waals surface area contributed by atoms with E-state index in [9.17, 15) is 15.0 Å². The lowest BCUT2D eigenvalue weighted by Gasteiger charge is -2.26. The number of rotatable bonds is 5. The molecular formula is C12H18N2O3. The number of benzene rings is 1. The van der Waals surface area contributed by atoms with Crippen LogP contribution in [0.15, 0.2) is 18.2 Å². The Morgan fingerprint density at radius 3 is 2.29 bits per heavy atom. The van der Waals surface area contributed by atoms with Gasteiger partial charge in [0, 0.05) is 12.1 Å². The standard InChI is InChI=1S/C12H18N2O3/c1-3-14(7-12(13)17)8(2)9-4-10(15)6-11(16)5-9/h4-6,8,15-16H,3,7H2,1-2H3,(H2,13,17). The van der Waals surface area contributed by atoms with E-state index in [4.69, 9.17) is 5.73 Å². The maximum atomic E-state index is 10.9. The van der Waals surface area contributed by atoms with Gasteiger partial charge in [-0.15, -0.1) is 0 Å². The maximum Gasteiger partial charge on any atom is 0.231 e. The number of carbonyl (C=O) groups is 1. The van der Waals surface area contributed by atoms with Crippen molar-refractivity contribution < 1.29 is 15.0 Å². The van der Waals surface area contributed by atoms with Gasteiger partial charge in [0.15, 0.2) is 0 Å². The monoisotopic (exact) mass is 238 g/mol. The molecule has 0 saturated heterocycles. The van der Waals surface area contributed by atoms with E-state index >= 15 is 0 Å². The Kier molecular flexibility index (Phi) is 4.34. The summed E-state index contributed by atoms with van der Waals surface area (Å²) in [5.74, 6) is -0.396. The van der Waals surface area contributed by atoms with Gasteiger partial charge in [-0.3, -0.25) is 9.69 Å². The van der Waals surface area contributed by atoms with Gasteiger partial charge in [-0.05, 0) is 31.2 Å². The molecule has 0 aliphatic heterocycles. The van der Waals surface area contributed by atoms with Crippen molar-refractivity contribution in [2.24, 2.45) is 5.73 Å². The van der Waals surface area contributed by atoms with E-state index in [0.29, 0.717) is 6.54 Å². The van der Waals surface area contributed by atoms with Crippen molar-refractivity contribution >= 4 is 5.91 Å². The van der Waals surface area contributed by atoms with Gasteiger partial charge in [0.05, 0.1) is 6.54 Å². The van der Waals surface area contributed by atoms with Crippen LogP contribution >= 0.6 is 0 Å². The van der Waals surface area contributed by atoms with Gasteiger partial charge in [0.25, 0.3) is 0 Å². The third-order valence-corrected chi connectivity index (χ3v) is 2.72. The van der Waals surface area contributed by atoms with Crippen molar-refractivity contribution in [1.29, 1.82) is 0 Å². The molecule has 4 N–H and O–H groups in total. The fourth-order valence-corrected chi connectivity index (χ4v) is 1.79. The Morgan fingerprint density at radius 1 is 1.35 bits per heavy atom. The lowest BCUT2D eigenvalue weighted by Crippen LogP contribution is -2.35. The highest BCUT2D eigenvalue weighted by molar-refractivity contribution is 5.76. The molecule has 0 bridgehead atoms. The fraction of sp³-hybridized carbons (Fsp3) is 0.417. The van der Waals surface area contributed by atoms with Gasteiger partial charge in [-0.25, -0.2) is 0 Å². The van der Waals surface area contributed by atoms with Crippen LogP contribution < -0.4 is 5.73 Å². The Labute approximate surface area is 100 Å². The van der Waals surface area contributed by atoms with Gasteiger partial charge in [-0.2, -0.15) is 0 Å². The van der Waals surface area contributed by atoms with Gasteiger partial charge in [0.1, 0.15) is 11.5 Å². The summed E-state index contributed by atoms with van der Waals surface area (Å²) in [5, 5.41) is 18.8. The van der Waals surface area contributed by atoms with Crippen LogP contribution in [0.3, 0.4) is 0 Å². The van der Waals surface area contributed by atoms with E-state index < -0.39 is 5.91 Å². The Morgan fingerprint density at radius 2 is 1.88 bits per heavy atom. The summed E-state index contributed by atoms with van der Waals surface area (Å²) < 4.78 is 0. The second-order valence-corrected chi connectivity index (χ2v) is 3.99. The first-order chi connectivity index (χ1) is 7.93. The number of nitrogens with zero attached hydrogens (tertiary/aromatic N) is 1. The van der Waals surface area contributed by atoms with Crippen LogP contribution in [0.4, 0.5) is 0 Å². The second kappa shape index (κ2) is 5.54. The predicted octanol–water partition coefficient (Wildman–Crippen LogP) is 0.966. The molecule has 94 valence electrons. The largest absolute Gasteiger partial charge is 0.508 e. The van der Waals surface area contributed by atoms with Crippen LogP contribution in [-0.4, -0.2) is 34.1 Å². The van der Waals surface area contributed by atoms with Crippen molar-refractivity contribution in [2.45, 2.75) is 19.9 Å². The number of aromatic hydroxyl groups is 2. The van der Waals surface area contributed by atoms with Crippen LogP contribution in [0.5, 0.6) is 11.5 Å². The molecule has 5 nitrogen and oxygen atoms in total. The lowest BCUT2D eigenvalue weighted by atomic mass is 10.1. The van der Waals surface area contributed by atoms with E-state index in [1.807, 2.05) is 18.7 Å². The summed E-state index contributed by atoms with van der Waals surface area (Å²) in [6.45, 7) is 4.61. The number of phenols is 2. The van der Waals surface area contributed by atoms with Crippen molar-refractivity contribution in [3.63, 3.8) is 0 Å². The molecule has 1 atom stereocenters. The van der Waals surface area contributed by atoms with Crippen LogP contribution in [0, 0.1) is 0 Å². The first kappa shape index (κ1) is 13.3. The van der Waals surface area contributed by atoms with Crippen molar-refractivity contribution in [2.75, 3.05) is 13.1 Å². The highest BCUT2D eigenvalue weighted by Crippen LogP contribution is 2.27. The van der Waals surface area contributed by atoms with Crippen molar-refractivity contribution in [3.8, 4) is 11.5 Å². The summed E-state index contributed by atoms with van der Waals surface area (Å²) in [6.07, 6.45) is 0. The molecule has 1 aromatic carbocycles. The average molecular weight is 238 g/mol. The predicted molar refractivity (Wildman–Crippen MR) is 64.6 cm³/mol. The summed E-state index contributed by atoms with van der Waals surface area (Å²) in [6, 6.07) is 4.29. The van der Waals surface area contributed by atoms with Gasteiger partial charge < -0.3 is 15.9 Å². The number of phenolic OH excluding ortho intramolecular Hbond substituents is 2. The summed E-state index contributed by atoms with van der Waals surface area (Å²) in [5.41, 5.74) is 5.91. The molecule has 17 heavy (non-hydrogen) atoms. The van der Waals surface area contributed by atoms with E-state index in [0.717, 1.165) is 5.56 Å². The third-order valence-electron chi connectivity index (χ3n) is 2.72. The summed E-state index contributed by atoms with van der Waals surface area (Å²) in [7, 11) is 0. The van der Waals surface area contributed by atoms with Crippen LogP contribution in [0.1, 0.15) is 25.5 Å². The third kappa shape index (κ3) is 3.64. The number of hydrogen-bond acceptors (Lipinski definition) is 4. The minimum atomic E-state index is -0.400. The molecular weight excluding hydrogens is 220 g/mol. The average Bonchev–Trinajstić information content (AvgIpc) is 2.23. The number of hydrogen-bond donors (Lipinski definition) is 3. The molecule has 0 aromatic heterocycles. The van der Waals surface area contributed by atoms with E-state index in [-0.39, 0.29) is 24.1 Å². The molecule has 1 aromatic rings. The van der Waals surface area contributed by atoms with E-state index in [1.54, 1.807) is 12.1 Å². The van der Waals surface area contributed by atoms with Crippen molar-refractivity contribution in [1.82, 2.24) is 4.90 Å². The Bertz CT molecular complexity index is 386. The number of likely N-dealkylation sites (N-methyl/N-ethyl adjacent to an activating group) is 1. The highest BCUT2D eigenvalue weighted by atomic mass is 16.3. The molecule has 0 aliphatic rings. The first-order valence-corrected chi connectivity index (χ1v) is 5.49. The quantitative estimate of drug-likeness (QED) is 0.713. The summed E-state index contributed by atoms with van der Waals surface area (Å²) in [4.78, 5) is 12.8. The van der Waals surface area contributed by atoms with E-state index in [1.165, 1.54) is 6.07 Å². The Hall–Kier alpha value is -1.75. The van der Waals surface area contributed by atoms with Crippen LogP contribution in [0.25, 0.3) is 0 Å². The number of nitrogens with two attached hydrogens (primary N) is 1. The number of carbonyl (C=O) groups excluding carboxylic acids is 1. The molecule has 0 aliphatic carbocycles. The Balaban J connectivity index is 2.92. The minimum Gasteiger partial charge on any atom is -0.508 e. The zero-order chi connectivity index (χ0) is 13.0. The first-order valence-electron chi connectivity index (χ1n) is 5.49. The molecule has 0 radical (unpaired) electrons. The molecule has 0 saturated carbocycles. The van der Waals surface area contributed by atoms with E-state index in [2.05, 4.69) is 0 Å². The zero-order valence-electron chi connectivity index (χ0n) is 10.1. The smallest absolute Gasteiger partial charge is 0.231 e. The van der Waals surface area contributed by atoms with Crippen LogP contribution in [-0.2, 0) is 4.79 Å². The molecule has 5 heteroatoms. The van der Waals surface area contributed by atoms with Gasteiger partial charge in [0.2, 0.25) is 5.91 Å². The van der Waals surface area contributed by atoms with Gasteiger partial charge >= 0.3 is 0 Å². The molecule has 1 unspecified atom stereocenters. The molecule has 1 amide bonds. The maximum absolute atomic E-state index is 10.9. The number of amides is 1. The topological polar surface area (TPSA) is 86.8 Å². The fourth-order valence-electron chi connectivity index (χ4n) is 1.79. The molecule has 0 heterocycles. The number of primary amides is 1. The summed E-state index contributed by atoms with van der Waals surface area (Å²) >= 11 is 0.